The van der Waals surface area contributed by atoms with Gasteiger partial charge in [-0.15, -0.1) is 0 Å². The molecule has 0 aromatic rings. The highest BCUT2D eigenvalue weighted by atomic mass is 31.2. The van der Waals surface area contributed by atoms with Crippen molar-refractivity contribution in [3.63, 3.8) is 0 Å². The van der Waals surface area contributed by atoms with E-state index in [2.05, 4.69) is 35.0 Å². The number of rotatable bonds is 39. The van der Waals surface area contributed by atoms with Crippen molar-refractivity contribution in [2.24, 2.45) is 0 Å². The first-order valence-electron chi connectivity index (χ1n) is 23.0. The van der Waals surface area contributed by atoms with Gasteiger partial charge in [0.15, 0.2) is 6.10 Å². The number of aliphatic hydroxyl groups is 3. The lowest BCUT2D eigenvalue weighted by Crippen LogP contribution is -2.65. The molecule has 0 saturated heterocycles. The Balaban J connectivity index is 2.76. The lowest BCUT2D eigenvalue weighted by Gasteiger charge is -2.44. The third-order valence-corrected chi connectivity index (χ3v) is 12.6. The van der Waals surface area contributed by atoms with E-state index in [1.807, 2.05) is 0 Å². The van der Waals surface area contributed by atoms with Crippen LogP contribution in [0.4, 0.5) is 0 Å². The Morgan fingerprint density at radius 1 is 0.492 bits per heavy atom. The molecular weight excluding hydrogens is 889 g/mol. The second-order valence-electron chi connectivity index (χ2n) is 16.3. The van der Waals surface area contributed by atoms with E-state index in [4.69, 9.17) is 18.5 Å². The molecule has 372 valence electrons. The number of hydrogen-bond acceptors (Lipinski definition) is 14. The number of carbonyl (C=O) groups is 2. The lowest BCUT2D eigenvalue weighted by atomic mass is 9.85. The van der Waals surface area contributed by atoms with Gasteiger partial charge in [-0.1, -0.05) is 142 Å². The van der Waals surface area contributed by atoms with Gasteiger partial charge in [-0.3, -0.25) is 27.7 Å². The van der Waals surface area contributed by atoms with Crippen LogP contribution in [-0.4, -0.2) is 108 Å². The van der Waals surface area contributed by atoms with Crippen molar-refractivity contribution in [2.75, 3.05) is 13.2 Å². The number of phosphoric ester groups is 3. The second-order valence-corrected chi connectivity index (χ2v) is 20.1. The van der Waals surface area contributed by atoms with Crippen LogP contribution in [0.1, 0.15) is 181 Å². The summed E-state index contributed by atoms with van der Waals surface area (Å²) < 4.78 is 65.3. The highest BCUT2D eigenvalue weighted by Gasteiger charge is 2.56. The van der Waals surface area contributed by atoms with E-state index in [-0.39, 0.29) is 12.8 Å². The molecule has 0 radical (unpaired) electrons. The fourth-order valence-corrected chi connectivity index (χ4v) is 9.20. The fraction of sp³-hybridized carbons (Fsp3) is 0.902. The first kappa shape index (κ1) is 59.9. The number of allylic oxidation sites excluding steroid dienone is 2. The van der Waals surface area contributed by atoms with Crippen LogP contribution in [0.2, 0.25) is 0 Å². The summed E-state index contributed by atoms with van der Waals surface area (Å²) in [5.41, 5.74) is 0. The summed E-state index contributed by atoms with van der Waals surface area (Å²) in [4.78, 5) is 73.0. The molecule has 1 rings (SSSR count). The molecule has 0 aromatic heterocycles. The fourth-order valence-electron chi connectivity index (χ4n) is 7.11. The summed E-state index contributed by atoms with van der Waals surface area (Å²) >= 11 is 0. The van der Waals surface area contributed by atoms with E-state index in [0.717, 1.165) is 64.2 Å². The Morgan fingerprint density at radius 2 is 0.873 bits per heavy atom. The molecule has 22 heteroatoms. The SMILES string of the molecule is CCCCCC/C=C\CCCCCCCC(=O)O[C@H](COC(=O)CCCCCCCCCCCCCCC)COP(=O)(O)O[C@H]1C(O)C(O)C(OP(=O)(O)O)[C@@H](OP(=O)(O)O)C1O. The molecule has 1 saturated carbocycles. The summed E-state index contributed by atoms with van der Waals surface area (Å²) in [6, 6.07) is 0. The first-order valence-corrected chi connectivity index (χ1v) is 27.5. The van der Waals surface area contributed by atoms with Gasteiger partial charge in [0.2, 0.25) is 0 Å². The van der Waals surface area contributed by atoms with Crippen LogP contribution in [0, 0.1) is 0 Å². The Labute approximate surface area is 374 Å². The maximum Gasteiger partial charge on any atom is 0.472 e. The predicted molar refractivity (Wildman–Crippen MR) is 234 cm³/mol. The number of ether oxygens (including phenoxy) is 2. The molecule has 0 heterocycles. The normalized spacial score (nSPS) is 22.3. The Bertz CT molecular complexity index is 1390. The van der Waals surface area contributed by atoms with Gasteiger partial charge >= 0.3 is 35.4 Å². The van der Waals surface area contributed by atoms with E-state index in [1.165, 1.54) is 77.0 Å². The van der Waals surface area contributed by atoms with Crippen molar-refractivity contribution in [1.29, 1.82) is 0 Å². The molecular formula is C41H79O19P3. The number of hydrogen-bond donors (Lipinski definition) is 8. The Hall–Kier alpha value is -1.11. The van der Waals surface area contributed by atoms with Gasteiger partial charge in [0.05, 0.1) is 6.61 Å². The van der Waals surface area contributed by atoms with Crippen LogP contribution < -0.4 is 0 Å². The minimum atomic E-state index is -5.60. The molecule has 1 fully saturated rings. The smallest absolute Gasteiger partial charge is 0.462 e. The van der Waals surface area contributed by atoms with E-state index in [9.17, 15) is 63.1 Å². The molecule has 5 unspecified atom stereocenters. The van der Waals surface area contributed by atoms with Gasteiger partial charge in [0, 0.05) is 12.8 Å². The average Bonchev–Trinajstić information content (AvgIpc) is 3.20. The third kappa shape index (κ3) is 30.7. The molecule has 63 heavy (non-hydrogen) atoms. The molecule has 8 atom stereocenters. The van der Waals surface area contributed by atoms with Crippen LogP contribution in [0.15, 0.2) is 12.2 Å². The van der Waals surface area contributed by atoms with Crippen LogP contribution in [0.3, 0.4) is 0 Å². The van der Waals surface area contributed by atoms with Gasteiger partial charge in [-0.2, -0.15) is 0 Å². The summed E-state index contributed by atoms with van der Waals surface area (Å²) in [6.45, 7) is 2.91. The molecule has 8 N–H and O–H groups in total. The molecule has 0 spiro atoms. The van der Waals surface area contributed by atoms with Crippen molar-refractivity contribution in [3.8, 4) is 0 Å². The minimum Gasteiger partial charge on any atom is -0.462 e. The summed E-state index contributed by atoms with van der Waals surface area (Å²) in [5.74, 6) is -1.30. The number of carbonyl (C=O) groups excluding carboxylic acids is 2. The predicted octanol–water partition coefficient (Wildman–Crippen LogP) is 7.73. The zero-order valence-corrected chi connectivity index (χ0v) is 40.1. The zero-order chi connectivity index (χ0) is 47.2. The second kappa shape index (κ2) is 34.2. The molecule has 0 bridgehead atoms. The van der Waals surface area contributed by atoms with E-state index in [1.54, 1.807) is 0 Å². The largest absolute Gasteiger partial charge is 0.472 e. The van der Waals surface area contributed by atoms with Crippen molar-refractivity contribution in [1.82, 2.24) is 0 Å². The lowest BCUT2D eigenvalue weighted by molar-refractivity contribution is -0.213. The van der Waals surface area contributed by atoms with Crippen molar-refractivity contribution >= 4 is 35.4 Å². The zero-order valence-electron chi connectivity index (χ0n) is 37.4. The van der Waals surface area contributed by atoms with Crippen LogP contribution in [0.5, 0.6) is 0 Å². The van der Waals surface area contributed by atoms with Crippen LogP contribution in [-0.2, 0) is 50.9 Å². The third-order valence-electron chi connectivity index (χ3n) is 10.6. The summed E-state index contributed by atoms with van der Waals surface area (Å²) in [7, 11) is -16.6. The quantitative estimate of drug-likeness (QED) is 0.0126. The van der Waals surface area contributed by atoms with Crippen molar-refractivity contribution in [2.45, 2.75) is 224 Å². The van der Waals surface area contributed by atoms with Crippen LogP contribution in [0.25, 0.3) is 0 Å². The minimum absolute atomic E-state index is 0.00842. The first-order chi connectivity index (χ1) is 29.8. The monoisotopic (exact) mass is 968 g/mol. The maximum atomic E-state index is 13.1. The standard InChI is InChI=1S/C41H79O19P3/c1-3-5-7-9-11-13-15-17-19-21-23-25-27-29-34(42)55-31-33(57-35(43)30-28-26-24-22-20-18-16-14-12-10-8-6-4-2)32-56-63(53,54)60-39-36(44)37(45)40(58-61(47,48)49)41(38(39)46)59-62(50,51)52/h14,16,33,36-41,44-46H,3-13,15,17-32H2,1-2H3,(H,53,54)(H2,47,48,49)(H2,50,51,52)/b16-14-/t33-,36?,37?,38?,39+,40?,41+/m1/s1. The highest BCUT2D eigenvalue weighted by molar-refractivity contribution is 7.47. The number of unbranched alkanes of at least 4 members (excludes halogenated alkanes) is 21. The topological polar surface area (TPSA) is 303 Å². The number of esters is 2. The number of aliphatic hydroxyl groups excluding tert-OH is 3. The Kier molecular flexibility index (Phi) is 32.5. The molecule has 1 aliphatic rings. The van der Waals surface area contributed by atoms with E-state index >= 15 is 0 Å². The molecule has 19 nitrogen and oxygen atoms in total. The van der Waals surface area contributed by atoms with Crippen LogP contribution >= 0.6 is 23.5 Å². The average molecular weight is 969 g/mol. The molecule has 1 aliphatic carbocycles. The Morgan fingerprint density at radius 3 is 1.33 bits per heavy atom. The van der Waals surface area contributed by atoms with Gasteiger partial charge in [-0.25, -0.2) is 13.7 Å². The molecule has 0 amide bonds. The van der Waals surface area contributed by atoms with E-state index < -0.39 is 91.3 Å². The van der Waals surface area contributed by atoms with Crippen molar-refractivity contribution < 1.29 is 90.6 Å². The maximum absolute atomic E-state index is 13.1. The van der Waals surface area contributed by atoms with Gasteiger partial charge < -0.3 is 49.3 Å². The number of phosphoric acid groups is 3. The van der Waals surface area contributed by atoms with Gasteiger partial charge in [0.1, 0.15) is 43.2 Å². The van der Waals surface area contributed by atoms with Crippen molar-refractivity contribution in [3.05, 3.63) is 12.2 Å². The summed E-state index contributed by atoms with van der Waals surface area (Å²) in [6.07, 6.45) is 13.9. The highest BCUT2D eigenvalue weighted by Crippen LogP contribution is 2.51. The summed E-state index contributed by atoms with van der Waals surface area (Å²) in [5, 5.41) is 31.8. The van der Waals surface area contributed by atoms with Gasteiger partial charge in [0.25, 0.3) is 0 Å². The van der Waals surface area contributed by atoms with E-state index in [0.29, 0.717) is 12.8 Å². The molecule has 0 aliphatic heterocycles. The molecule has 0 aromatic carbocycles. The van der Waals surface area contributed by atoms with Gasteiger partial charge in [-0.05, 0) is 38.5 Å².